The lowest BCUT2D eigenvalue weighted by Crippen LogP contribution is -2.13. The summed E-state index contributed by atoms with van der Waals surface area (Å²) in [4.78, 5) is 12.2. The fourth-order valence-electron chi connectivity index (χ4n) is 1.64. The summed E-state index contributed by atoms with van der Waals surface area (Å²) in [5.41, 5.74) is 8.34. The van der Waals surface area contributed by atoms with Crippen LogP contribution in [-0.2, 0) is 0 Å². The number of halogens is 2. The average molecular weight is 340 g/mol. The molecule has 2 aromatic carbocycles. The fraction of sp³-hybridized carbons (Fsp3) is 0.0714. The van der Waals surface area contributed by atoms with E-state index in [-0.39, 0.29) is 5.91 Å². The van der Waals surface area contributed by atoms with Crippen LogP contribution in [0.25, 0.3) is 0 Å². The van der Waals surface area contributed by atoms with E-state index in [1.165, 1.54) is 0 Å². The maximum Gasteiger partial charge on any atom is 0.256 e. The van der Waals surface area contributed by atoms with Crippen molar-refractivity contribution in [2.24, 2.45) is 0 Å². The summed E-state index contributed by atoms with van der Waals surface area (Å²) >= 11 is 9.26. The summed E-state index contributed by atoms with van der Waals surface area (Å²) < 4.78 is 0.693. The lowest BCUT2D eigenvalue weighted by atomic mass is 10.1. The zero-order valence-electron chi connectivity index (χ0n) is 10.2. The Morgan fingerprint density at radius 3 is 2.74 bits per heavy atom. The minimum absolute atomic E-state index is 0.232. The quantitative estimate of drug-likeness (QED) is 0.804. The van der Waals surface area contributed by atoms with E-state index in [1.54, 1.807) is 30.3 Å². The molecule has 19 heavy (non-hydrogen) atoms. The lowest BCUT2D eigenvalue weighted by Gasteiger charge is -2.10. The predicted octanol–water partition coefficient (Wildman–Crippen LogP) is 4.25. The molecule has 98 valence electrons. The van der Waals surface area contributed by atoms with E-state index in [2.05, 4.69) is 21.2 Å². The Morgan fingerprint density at radius 1 is 1.26 bits per heavy atom. The predicted molar refractivity (Wildman–Crippen MR) is 82.7 cm³/mol. The normalized spacial score (nSPS) is 10.3. The maximum absolute atomic E-state index is 12.2. The number of aryl methyl sites for hydroxylation is 1. The Morgan fingerprint density at radius 2 is 2.00 bits per heavy atom. The van der Waals surface area contributed by atoms with Gasteiger partial charge in [0.15, 0.2) is 0 Å². The summed E-state index contributed by atoms with van der Waals surface area (Å²) in [5.74, 6) is -0.232. The first-order valence-electron chi connectivity index (χ1n) is 5.60. The molecule has 3 nitrogen and oxygen atoms in total. The second-order valence-corrected chi connectivity index (χ2v) is 5.44. The van der Waals surface area contributed by atoms with Crippen molar-refractivity contribution in [1.29, 1.82) is 0 Å². The highest BCUT2D eigenvalue weighted by atomic mass is 79.9. The van der Waals surface area contributed by atoms with Crippen molar-refractivity contribution in [3.05, 3.63) is 57.0 Å². The number of benzene rings is 2. The summed E-state index contributed by atoms with van der Waals surface area (Å²) in [6.45, 7) is 1.90. The van der Waals surface area contributed by atoms with E-state index in [1.807, 2.05) is 13.0 Å². The monoisotopic (exact) mass is 338 g/mol. The molecular weight excluding hydrogens is 328 g/mol. The Hall–Kier alpha value is -1.52. The number of carbonyl (C=O) groups is 1. The topological polar surface area (TPSA) is 55.1 Å². The van der Waals surface area contributed by atoms with Crippen LogP contribution in [-0.4, -0.2) is 5.91 Å². The Labute approximate surface area is 124 Å². The molecule has 0 saturated carbocycles. The first kappa shape index (κ1) is 13.9. The molecule has 3 N–H and O–H groups in total. The molecule has 0 aliphatic heterocycles. The van der Waals surface area contributed by atoms with E-state index in [9.17, 15) is 4.79 Å². The van der Waals surface area contributed by atoms with Crippen LogP contribution < -0.4 is 11.1 Å². The first-order chi connectivity index (χ1) is 8.97. The molecular formula is C14H12BrClN2O. The standard InChI is InChI=1S/C14H12BrClN2O/c1-8-2-3-9(16)6-13(8)18-14(19)11-7-10(17)4-5-12(11)15/h2-7H,17H2,1H3,(H,18,19). The number of hydrogen-bond donors (Lipinski definition) is 2. The van der Waals surface area contributed by atoms with Crippen molar-refractivity contribution in [3.8, 4) is 0 Å². The number of rotatable bonds is 2. The molecule has 2 rings (SSSR count). The molecule has 0 unspecified atom stereocenters. The second-order valence-electron chi connectivity index (χ2n) is 4.15. The van der Waals surface area contributed by atoms with Crippen LogP contribution in [0, 0.1) is 6.92 Å². The van der Waals surface area contributed by atoms with E-state index >= 15 is 0 Å². The second kappa shape index (κ2) is 5.63. The van der Waals surface area contributed by atoms with Gasteiger partial charge in [0.25, 0.3) is 5.91 Å². The van der Waals surface area contributed by atoms with Crippen LogP contribution in [0.5, 0.6) is 0 Å². The number of carbonyl (C=O) groups excluding carboxylic acids is 1. The molecule has 0 spiro atoms. The Balaban J connectivity index is 2.30. The van der Waals surface area contributed by atoms with Gasteiger partial charge < -0.3 is 11.1 Å². The van der Waals surface area contributed by atoms with Gasteiger partial charge in [-0.25, -0.2) is 0 Å². The number of nitrogens with two attached hydrogens (primary N) is 1. The molecule has 0 aliphatic rings. The highest BCUT2D eigenvalue weighted by Crippen LogP contribution is 2.24. The molecule has 2 aromatic rings. The highest BCUT2D eigenvalue weighted by molar-refractivity contribution is 9.10. The third-order valence-electron chi connectivity index (χ3n) is 2.68. The highest BCUT2D eigenvalue weighted by Gasteiger charge is 2.12. The zero-order valence-corrected chi connectivity index (χ0v) is 12.5. The van der Waals surface area contributed by atoms with Crippen molar-refractivity contribution in [2.75, 3.05) is 11.1 Å². The van der Waals surface area contributed by atoms with Gasteiger partial charge in [-0.05, 0) is 58.7 Å². The lowest BCUT2D eigenvalue weighted by molar-refractivity contribution is 0.102. The van der Waals surface area contributed by atoms with Crippen LogP contribution >= 0.6 is 27.5 Å². The van der Waals surface area contributed by atoms with Crippen molar-refractivity contribution in [3.63, 3.8) is 0 Å². The molecule has 0 radical (unpaired) electrons. The van der Waals surface area contributed by atoms with Crippen LogP contribution in [0.15, 0.2) is 40.9 Å². The summed E-state index contributed by atoms with van der Waals surface area (Å²) in [5, 5.41) is 3.40. The van der Waals surface area contributed by atoms with E-state index in [4.69, 9.17) is 17.3 Å². The molecule has 0 saturated heterocycles. The van der Waals surface area contributed by atoms with Gasteiger partial charge in [-0.15, -0.1) is 0 Å². The molecule has 0 fully saturated rings. The van der Waals surface area contributed by atoms with Crippen LogP contribution in [0.2, 0.25) is 5.02 Å². The van der Waals surface area contributed by atoms with Gasteiger partial charge in [-0.3, -0.25) is 4.79 Å². The first-order valence-corrected chi connectivity index (χ1v) is 6.77. The number of hydrogen-bond acceptors (Lipinski definition) is 2. The van der Waals surface area contributed by atoms with E-state index < -0.39 is 0 Å². The number of nitrogen functional groups attached to an aromatic ring is 1. The van der Waals surface area contributed by atoms with Gasteiger partial charge in [-0.1, -0.05) is 17.7 Å². The van der Waals surface area contributed by atoms with Gasteiger partial charge in [0.1, 0.15) is 0 Å². The van der Waals surface area contributed by atoms with Crippen LogP contribution in [0.1, 0.15) is 15.9 Å². The molecule has 5 heteroatoms. The molecule has 0 atom stereocenters. The molecule has 0 aromatic heterocycles. The van der Waals surface area contributed by atoms with Crippen molar-refractivity contribution in [1.82, 2.24) is 0 Å². The zero-order chi connectivity index (χ0) is 14.0. The minimum Gasteiger partial charge on any atom is -0.399 e. The third-order valence-corrected chi connectivity index (χ3v) is 3.61. The molecule has 0 bridgehead atoms. The van der Waals surface area contributed by atoms with Gasteiger partial charge >= 0.3 is 0 Å². The van der Waals surface area contributed by atoms with Gasteiger partial charge in [0.2, 0.25) is 0 Å². The largest absolute Gasteiger partial charge is 0.399 e. The van der Waals surface area contributed by atoms with Crippen molar-refractivity contribution < 1.29 is 4.79 Å². The SMILES string of the molecule is Cc1ccc(Cl)cc1NC(=O)c1cc(N)ccc1Br. The Bertz CT molecular complexity index is 643. The average Bonchev–Trinajstić information content (AvgIpc) is 2.36. The van der Waals surface area contributed by atoms with E-state index in [0.29, 0.717) is 26.4 Å². The van der Waals surface area contributed by atoms with Crippen molar-refractivity contribution >= 4 is 44.8 Å². The summed E-state index contributed by atoms with van der Waals surface area (Å²) in [6.07, 6.45) is 0. The maximum atomic E-state index is 12.2. The smallest absolute Gasteiger partial charge is 0.256 e. The summed E-state index contributed by atoms with van der Waals surface area (Å²) in [7, 11) is 0. The summed E-state index contributed by atoms with van der Waals surface area (Å²) in [6, 6.07) is 10.4. The third kappa shape index (κ3) is 3.28. The van der Waals surface area contributed by atoms with Gasteiger partial charge in [0.05, 0.1) is 5.56 Å². The number of anilines is 2. The van der Waals surface area contributed by atoms with E-state index in [0.717, 1.165) is 5.56 Å². The van der Waals surface area contributed by atoms with Crippen LogP contribution in [0.4, 0.5) is 11.4 Å². The Kier molecular flexibility index (Phi) is 4.12. The minimum atomic E-state index is -0.232. The fourth-order valence-corrected chi connectivity index (χ4v) is 2.23. The number of amides is 1. The van der Waals surface area contributed by atoms with Gasteiger partial charge in [0, 0.05) is 20.9 Å². The molecule has 1 amide bonds. The van der Waals surface area contributed by atoms with Crippen LogP contribution in [0.3, 0.4) is 0 Å². The van der Waals surface area contributed by atoms with Gasteiger partial charge in [-0.2, -0.15) is 0 Å². The number of nitrogens with one attached hydrogen (secondary N) is 1. The molecule has 0 aliphatic carbocycles. The molecule has 0 heterocycles. The van der Waals surface area contributed by atoms with Crippen molar-refractivity contribution in [2.45, 2.75) is 6.92 Å².